The molecule has 0 aromatic carbocycles. The molecule has 1 aliphatic rings. The first-order chi connectivity index (χ1) is 10.1. The quantitative estimate of drug-likeness (QED) is 0.701. The van der Waals surface area contributed by atoms with E-state index in [-0.39, 0.29) is 6.54 Å². The fourth-order valence-corrected chi connectivity index (χ4v) is 4.18. The van der Waals surface area contributed by atoms with Crippen LogP contribution in [0.2, 0.25) is 0 Å². The minimum atomic E-state index is -3.38. The van der Waals surface area contributed by atoms with Crippen LogP contribution in [0.3, 0.4) is 0 Å². The molecular formula is C13H24N4O2S2. The van der Waals surface area contributed by atoms with Gasteiger partial charge in [-0.1, -0.05) is 6.92 Å². The molecule has 1 aromatic heterocycles. The summed E-state index contributed by atoms with van der Waals surface area (Å²) in [7, 11) is -3.38. The van der Waals surface area contributed by atoms with Crippen LogP contribution in [-0.2, 0) is 16.8 Å². The monoisotopic (exact) mass is 332 g/mol. The van der Waals surface area contributed by atoms with Gasteiger partial charge in [-0.15, -0.1) is 11.3 Å². The Balaban J connectivity index is 1.75. The Kier molecular flexibility index (Phi) is 6.56. The zero-order chi connectivity index (χ0) is 15.1. The summed E-state index contributed by atoms with van der Waals surface area (Å²) in [6.45, 7) is 5.65. The molecule has 0 amide bonds. The van der Waals surface area contributed by atoms with Gasteiger partial charge in [0.25, 0.3) is 10.2 Å². The highest BCUT2D eigenvalue weighted by atomic mass is 32.2. The van der Waals surface area contributed by atoms with Crippen molar-refractivity contribution in [2.45, 2.75) is 32.7 Å². The van der Waals surface area contributed by atoms with Crippen LogP contribution in [0.1, 0.15) is 31.9 Å². The number of nitrogens with zero attached hydrogens (tertiary/aromatic N) is 2. The molecule has 1 aromatic rings. The Bertz CT molecular complexity index is 496. The average Bonchev–Trinajstić information content (AvgIpc) is 3.00. The minimum Gasteiger partial charge on any atom is -0.316 e. The molecule has 8 heteroatoms. The second kappa shape index (κ2) is 8.19. The second-order valence-corrected chi connectivity index (χ2v) is 7.83. The van der Waals surface area contributed by atoms with E-state index in [0.29, 0.717) is 19.0 Å². The molecular weight excluding hydrogens is 308 g/mol. The number of aromatic nitrogens is 1. The summed E-state index contributed by atoms with van der Waals surface area (Å²) in [6.07, 6.45) is 2.98. The van der Waals surface area contributed by atoms with Gasteiger partial charge < -0.3 is 5.32 Å². The Hall–Kier alpha value is -0.540. The van der Waals surface area contributed by atoms with Gasteiger partial charge in [-0.2, -0.15) is 17.4 Å². The fraction of sp³-hybridized carbons (Fsp3) is 0.769. The van der Waals surface area contributed by atoms with E-state index < -0.39 is 10.2 Å². The molecule has 1 fully saturated rings. The largest absolute Gasteiger partial charge is 0.316 e. The molecule has 0 aliphatic carbocycles. The molecule has 1 saturated heterocycles. The molecule has 2 rings (SSSR count). The van der Waals surface area contributed by atoms with Crippen LogP contribution < -0.4 is 10.0 Å². The van der Waals surface area contributed by atoms with Gasteiger partial charge in [-0.25, -0.2) is 4.98 Å². The highest BCUT2D eigenvalue weighted by Gasteiger charge is 2.27. The van der Waals surface area contributed by atoms with Gasteiger partial charge in [0.05, 0.1) is 17.7 Å². The normalized spacial score (nSPS) is 18.1. The van der Waals surface area contributed by atoms with Crippen LogP contribution >= 0.6 is 11.3 Å². The second-order valence-electron chi connectivity index (χ2n) is 5.35. The van der Waals surface area contributed by atoms with Gasteiger partial charge in [0.2, 0.25) is 0 Å². The smallest absolute Gasteiger partial charge is 0.279 e. The van der Waals surface area contributed by atoms with Crippen molar-refractivity contribution in [2.24, 2.45) is 5.92 Å². The topological polar surface area (TPSA) is 74.3 Å². The van der Waals surface area contributed by atoms with Crippen molar-refractivity contribution < 1.29 is 8.42 Å². The van der Waals surface area contributed by atoms with E-state index in [4.69, 9.17) is 0 Å². The molecule has 1 aliphatic heterocycles. The third-order valence-corrected chi connectivity index (χ3v) is 5.88. The van der Waals surface area contributed by atoms with Gasteiger partial charge in [0.1, 0.15) is 0 Å². The maximum absolute atomic E-state index is 12.2. The summed E-state index contributed by atoms with van der Waals surface area (Å²) < 4.78 is 28.6. The van der Waals surface area contributed by atoms with Crippen LogP contribution in [-0.4, -0.2) is 43.9 Å². The zero-order valence-electron chi connectivity index (χ0n) is 12.4. The zero-order valence-corrected chi connectivity index (χ0v) is 14.0. The molecule has 6 nitrogen and oxygen atoms in total. The first-order valence-electron chi connectivity index (χ1n) is 7.44. The highest BCUT2D eigenvalue weighted by Crippen LogP contribution is 2.18. The van der Waals surface area contributed by atoms with E-state index in [9.17, 15) is 8.42 Å². The van der Waals surface area contributed by atoms with Crippen molar-refractivity contribution >= 4 is 21.5 Å². The van der Waals surface area contributed by atoms with E-state index in [1.165, 1.54) is 11.3 Å². The van der Waals surface area contributed by atoms with Crippen molar-refractivity contribution in [1.82, 2.24) is 19.3 Å². The highest BCUT2D eigenvalue weighted by molar-refractivity contribution is 7.87. The van der Waals surface area contributed by atoms with E-state index in [2.05, 4.69) is 21.9 Å². The van der Waals surface area contributed by atoms with Gasteiger partial charge in [-0.05, 0) is 38.3 Å². The van der Waals surface area contributed by atoms with Crippen LogP contribution in [0.15, 0.2) is 10.9 Å². The third kappa shape index (κ3) is 5.30. The molecule has 0 atom stereocenters. The van der Waals surface area contributed by atoms with Crippen LogP contribution in [0.25, 0.3) is 0 Å². The molecule has 2 N–H and O–H groups in total. The summed E-state index contributed by atoms with van der Waals surface area (Å²) >= 11 is 1.47. The number of rotatable bonds is 8. The summed E-state index contributed by atoms with van der Waals surface area (Å²) in [4.78, 5) is 4.08. The van der Waals surface area contributed by atoms with Crippen molar-refractivity contribution in [3.8, 4) is 0 Å². The van der Waals surface area contributed by atoms with Gasteiger partial charge in [0, 0.05) is 18.5 Å². The molecule has 0 radical (unpaired) electrons. The summed E-state index contributed by atoms with van der Waals surface area (Å²) in [6, 6.07) is 0. The first-order valence-corrected chi connectivity index (χ1v) is 9.82. The number of nitrogens with one attached hydrogen (secondary N) is 2. The van der Waals surface area contributed by atoms with E-state index >= 15 is 0 Å². The lowest BCUT2D eigenvalue weighted by atomic mass is 9.98. The number of piperidine rings is 1. The van der Waals surface area contributed by atoms with Gasteiger partial charge in [0.15, 0.2) is 0 Å². The first kappa shape index (κ1) is 16.8. The standard InChI is InChI=1S/C13H24N4O2S2/c1-2-5-14-8-12-3-6-17(7-4-12)21(18,19)16-9-13-10-20-11-15-13/h10-12,14,16H,2-9H2,1H3. The van der Waals surface area contributed by atoms with Crippen LogP contribution in [0.5, 0.6) is 0 Å². The summed E-state index contributed by atoms with van der Waals surface area (Å²) in [5.41, 5.74) is 2.47. The minimum absolute atomic E-state index is 0.268. The molecule has 2 heterocycles. The number of hydrogen-bond donors (Lipinski definition) is 2. The number of hydrogen-bond acceptors (Lipinski definition) is 5. The SMILES string of the molecule is CCCNCC1CCN(S(=O)(=O)NCc2cscn2)CC1. The molecule has 0 bridgehead atoms. The third-order valence-electron chi connectivity index (χ3n) is 3.69. The summed E-state index contributed by atoms with van der Waals surface area (Å²) in [5.74, 6) is 0.585. The Labute approximate surface area is 131 Å². The van der Waals surface area contributed by atoms with E-state index in [1.807, 2.05) is 5.38 Å². The number of thiazole rings is 1. The Morgan fingerprint density at radius 1 is 1.43 bits per heavy atom. The lowest BCUT2D eigenvalue weighted by molar-refractivity contribution is 0.265. The van der Waals surface area contributed by atoms with Crippen molar-refractivity contribution in [3.63, 3.8) is 0 Å². The van der Waals surface area contributed by atoms with Gasteiger partial charge >= 0.3 is 0 Å². The molecule has 120 valence electrons. The molecule has 0 spiro atoms. The lowest BCUT2D eigenvalue weighted by Crippen LogP contribution is -2.45. The molecule has 0 unspecified atom stereocenters. The van der Waals surface area contributed by atoms with Crippen molar-refractivity contribution in [1.29, 1.82) is 0 Å². The van der Waals surface area contributed by atoms with Crippen LogP contribution in [0, 0.1) is 5.92 Å². The Morgan fingerprint density at radius 2 is 2.19 bits per heavy atom. The van der Waals surface area contributed by atoms with Crippen LogP contribution in [0.4, 0.5) is 0 Å². The van der Waals surface area contributed by atoms with E-state index in [0.717, 1.165) is 38.0 Å². The Morgan fingerprint density at radius 3 is 2.81 bits per heavy atom. The maximum atomic E-state index is 12.2. The van der Waals surface area contributed by atoms with Crippen molar-refractivity contribution in [2.75, 3.05) is 26.2 Å². The maximum Gasteiger partial charge on any atom is 0.279 e. The fourth-order valence-electron chi connectivity index (χ4n) is 2.42. The lowest BCUT2D eigenvalue weighted by Gasteiger charge is -2.31. The predicted octanol–water partition coefficient (Wildman–Crippen LogP) is 1.19. The average molecular weight is 332 g/mol. The predicted molar refractivity (Wildman–Crippen MR) is 85.3 cm³/mol. The van der Waals surface area contributed by atoms with E-state index in [1.54, 1.807) is 9.82 Å². The molecule has 21 heavy (non-hydrogen) atoms. The van der Waals surface area contributed by atoms with Gasteiger partial charge in [-0.3, -0.25) is 0 Å². The van der Waals surface area contributed by atoms with Crippen molar-refractivity contribution in [3.05, 3.63) is 16.6 Å². The summed E-state index contributed by atoms with van der Waals surface area (Å²) in [5, 5.41) is 5.27. The molecule has 0 saturated carbocycles.